The molecule has 178 valence electrons. The van der Waals surface area contributed by atoms with Crippen molar-refractivity contribution in [2.24, 2.45) is 4.99 Å². The van der Waals surface area contributed by atoms with Crippen molar-refractivity contribution >= 4 is 28.6 Å². The second kappa shape index (κ2) is 8.83. The van der Waals surface area contributed by atoms with E-state index in [4.69, 9.17) is 4.74 Å². The van der Waals surface area contributed by atoms with E-state index in [-0.39, 0.29) is 12.4 Å². The first-order valence-corrected chi connectivity index (χ1v) is 11.6. The van der Waals surface area contributed by atoms with E-state index >= 15 is 0 Å². The Balaban J connectivity index is 1.71. The number of aromatic hydroxyl groups is 1. The molecule has 0 saturated carbocycles. The zero-order valence-electron chi connectivity index (χ0n) is 20.2. The standard InChI is InChI=1S/C28H28N4O3/c1-5-35-28(34)23-16(2)30-27-25(24(23)17-10-12-19(13-11-17)32(3)4)26(33)22(31-27)14-18-15-29-21-9-7-6-8-20(18)21/h6-15,24,29,33H,5H2,1-4H3,(H,30,31). The molecule has 1 unspecified atom stereocenters. The van der Waals surface area contributed by atoms with E-state index in [2.05, 4.69) is 15.0 Å². The van der Waals surface area contributed by atoms with E-state index in [0.29, 0.717) is 27.7 Å². The molecule has 1 aliphatic rings. The van der Waals surface area contributed by atoms with Gasteiger partial charge in [-0.25, -0.2) is 9.79 Å². The second-order valence-electron chi connectivity index (χ2n) is 8.83. The minimum atomic E-state index is -0.515. The Hall–Kier alpha value is -4.26. The van der Waals surface area contributed by atoms with E-state index in [9.17, 15) is 9.90 Å². The van der Waals surface area contributed by atoms with E-state index in [1.165, 1.54) is 0 Å². The number of hydrogen-bond acceptors (Lipinski definition) is 5. The Morgan fingerprint density at radius 3 is 2.63 bits per heavy atom. The number of hydrogen-bond donors (Lipinski definition) is 3. The molecule has 5 rings (SSSR count). The van der Waals surface area contributed by atoms with Crippen molar-refractivity contribution < 1.29 is 14.6 Å². The number of carbonyl (C=O) groups excluding carboxylic acids is 1. The van der Waals surface area contributed by atoms with Gasteiger partial charge in [0.05, 0.1) is 34.7 Å². The van der Waals surface area contributed by atoms with E-state index < -0.39 is 11.9 Å². The lowest BCUT2D eigenvalue weighted by Gasteiger charge is -2.24. The molecule has 7 heteroatoms. The Labute approximate surface area is 203 Å². The maximum absolute atomic E-state index is 13.0. The van der Waals surface area contributed by atoms with E-state index in [1.807, 2.05) is 79.8 Å². The normalized spacial score (nSPS) is 15.8. The Morgan fingerprint density at radius 1 is 1.17 bits per heavy atom. The van der Waals surface area contributed by atoms with Crippen LogP contribution in [0.4, 0.5) is 5.69 Å². The number of aromatic nitrogens is 2. The van der Waals surface area contributed by atoms with E-state index in [0.717, 1.165) is 27.7 Å². The smallest absolute Gasteiger partial charge is 0.336 e. The Kier molecular flexibility index (Phi) is 5.68. The number of allylic oxidation sites excluding steroid dienone is 1. The number of aromatic amines is 2. The molecular formula is C28H28N4O3. The molecule has 1 aliphatic heterocycles. The van der Waals surface area contributed by atoms with Crippen LogP contribution in [0.1, 0.15) is 36.5 Å². The maximum Gasteiger partial charge on any atom is 0.336 e. The number of H-pyrrole nitrogens is 2. The van der Waals surface area contributed by atoms with Crippen LogP contribution in [0.5, 0.6) is 5.75 Å². The number of carbonyl (C=O) groups is 1. The molecule has 3 heterocycles. The summed E-state index contributed by atoms with van der Waals surface area (Å²) in [5.74, 6) is -0.868. The predicted octanol–water partition coefficient (Wildman–Crippen LogP) is 3.70. The highest BCUT2D eigenvalue weighted by Gasteiger charge is 2.35. The lowest BCUT2D eigenvalue weighted by molar-refractivity contribution is -0.138. The lowest BCUT2D eigenvalue weighted by Crippen LogP contribution is -2.26. The van der Waals surface area contributed by atoms with Crippen LogP contribution in [-0.2, 0) is 9.53 Å². The van der Waals surface area contributed by atoms with Crippen LogP contribution >= 0.6 is 0 Å². The zero-order valence-corrected chi connectivity index (χ0v) is 20.2. The molecule has 2 aromatic heterocycles. The van der Waals surface area contributed by atoms with Gasteiger partial charge in [0.15, 0.2) is 0 Å². The van der Waals surface area contributed by atoms with Crippen LogP contribution in [0, 0.1) is 0 Å². The van der Waals surface area contributed by atoms with Crippen LogP contribution in [-0.4, -0.2) is 41.7 Å². The summed E-state index contributed by atoms with van der Waals surface area (Å²) in [6, 6.07) is 16.0. The summed E-state index contributed by atoms with van der Waals surface area (Å²) in [7, 11) is 3.96. The van der Waals surface area contributed by atoms with Crippen molar-refractivity contribution in [3.8, 4) is 5.75 Å². The number of rotatable bonds is 5. The highest BCUT2D eigenvalue weighted by Crippen LogP contribution is 2.38. The molecule has 0 bridgehead atoms. The summed E-state index contributed by atoms with van der Waals surface area (Å²) in [6.07, 6.45) is 3.81. The molecule has 3 N–H and O–H groups in total. The van der Waals surface area contributed by atoms with Gasteiger partial charge in [-0.1, -0.05) is 30.3 Å². The summed E-state index contributed by atoms with van der Waals surface area (Å²) in [5, 5.41) is 13.0. The van der Waals surface area contributed by atoms with Crippen molar-refractivity contribution in [1.29, 1.82) is 0 Å². The third-order valence-corrected chi connectivity index (χ3v) is 6.42. The van der Waals surface area contributed by atoms with Gasteiger partial charge in [-0.05, 0) is 43.7 Å². The summed E-state index contributed by atoms with van der Waals surface area (Å²) in [5.41, 5.74) is 5.99. The monoisotopic (exact) mass is 468 g/mol. The number of fused-ring (bicyclic) bond motifs is 2. The maximum atomic E-state index is 13.0. The van der Waals surface area contributed by atoms with Crippen LogP contribution in [0.3, 0.4) is 0 Å². The fourth-order valence-corrected chi connectivity index (χ4v) is 4.70. The van der Waals surface area contributed by atoms with Gasteiger partial charge in [-0.3, -0.25) is 0 Å². The van der Waals surface area contributed by atoms with Gasteiger partial charge in [-0.2, -0.15) is 0 Å². The van der Waals surface area contributed by atoms with Gasteiger partial charge >= 0.3 is 5.97 Å². The first-order chi connectivity index (χ1) is 16.9. The minimum Gasteiger partial charge on any atom is -0.505 e. The third kappa shape index (κ3) is 3.89. The van der Waals surface area contributed by atoms with Crippen molar-refractivity contribution in [2.75, 3.05) is 25.6 Å². The SMILES string of the molecule is CCOC(=O)C1=C(C)N=c2[nH]c(=Cc3c[nH]c4ccccc34)c(O)c2C1c1ccc(N(C)C)cc1. The number of benzene rings is 2. The molecule has 7 nitrogen and oxygen atoms in total. The van der Waals surface area contributed by atoms with Crippen molar-refractivity contribution in [3.05, 3.63) is 93.5 Å². The molecule has 0 saturated heterocycles. The summed E-state index contributed by atoms with van der Waals surface area (Å²) in [6.45, 7) is 3.84. The van der Waals surface area contributed by atoms with Gasteiger partial charge in [0.2, 0.25) is 0 Å². The predicted molar refractivity (Wildman–Crippen MR) is 137 cm³/mol. The second-order valence-corrected chi connectivity index (χ2v) is 8.83. The highest BCUT2D eigenvalue weighted by atomic mass is 16.5. The number of ether oxygens (including phenoxy) is 1. The number of nitrogens with zero attached hydrogens (tertiary/aromatic N) is 2. The summed E-state index contributed by atoms with van der Waals surface area (Å²) >= 11 is 0. The fraction of sp³-hybridized carbons (Fsp3) is 0.214. The topological polar surface area (TPSA) is 93.7 Å². The van der Waals surface area contributed by atoms with Gasteiger partial charge in [0.25, 0.3) is 0 Å². The first kappa shape index (κ1) is 22.5. The van der Waals surface area contributed by atoms with Crippen molar-refractivity contribution in [1.82, 2.24) is 9.97 Å². The molecule has 1 atom stereocenters. The number of nitrogens with one attached hydrogen (secondary N) is 2. The largest absolute Gasteiger partial charge is 0.505 e. The summed E-state index contributed by atoms with van der Waals surface area (Å²) in [4.78, 5) is 26.2. The quantitative estimate of drug-likeness (QED) is 0.390. The molecule has 0 fully saturated rings. The fourth-order valence-electron chi connectivity index (χ4n) is 4.70. The molecule has 35 heavy (non-hydrogen) atoms. The Morgan fingerprint density at radius 2 is 1.91 bits per heavy atom. The molecule has 0 radical (unpaired) electrons. The van der Waals surface area contributed by atoms with Gasteiger partial charge in [0, 0.05) is 42.4 Å². The molecular weight excluding hydrogens is 440 g/mol. The number of para-hydroxylation sites is 1. The molecule has 0 aliphatic carbocycles. The van der Waals surface area contributed by atoms with E-state index in [1.54, 1.807) is 13.8 Å². The highest BCUT2D eigenvalue weighted by molar-refractivity contribution is 5.93. The van der Waals surface area contributed by atoms with Crippen LogP contribution in [0.15, 0.2) is 71.0 Å². The molecule has 4 aromatic rings. The van der Waals surface area contributed by atoms with Gasteiger partial charge < -0.3 is 24.7 Å². The average molecular weight is 469 g/mol. The average Bonchev–Trinajstić information content (AvgIpc) is 3.39. The molecule has 2 aromatic carbocycles. The van der Waals surface area contributed by atoms with Crippen molar-refractivity contribution in [2.45, 2.75) is 19.8 Å². The van der Waals surface area contributed by atoms with Crippen LogP contribution in [0.2, 0.25) is 0 Å². The summed E-state index contributed by atoms with van der Waals surface area (Å²) < 4.78 is 5.39. The van der Waals surface area contributed by atoms with Crippen LogP contribution in [0.25, 0.3) is 17.0 Å². The Bertz CT molecular complexity index is 1570. The third-order valence-electron chi connectivity index (χ3n) is 6.42. The van der Waals surface area contributed by atoms with Crippen LogP contribution < -0.4 is 15.7 Å². The first-order valence-electron chi connectivity index (χ1n) is 11.6. The van der Waals surface area contributed by atoms with Gasteiger partial charge in [0.1, 0.15) is 11.2 Å². The number of anilines is 1. The number of esters is 1. The molecule has 0 spiro atoms. The van der Waals surface area contributed by atoms with Crippen molar-refractivity contribution in [3.63, 3.8) is 0 Å². The van der Waals surface area contributed by atoms with Gasteiger partial charge in [-0.15, -0.1) is 0 Å². The lowest BCUT2D eigenvalue weighted by atomic mass is 9.83. The molecule has 0 amide bonds. The zero-order chi connectivity index (χ0) is 24.7. The minimum absolute atomic E-state index is 0.0741.